The summed E-state index contributed by atoms with van der Waals surface area (Å²) in [5.74, 6) is 2.33. The maximum atomic E-state index is 4.75. The van der Waals surface area contributed by atoms with Gasteiger partial charge in [-0.05, 0) is 13.3 Å². The van der Waals surface area contributed by atoms with Crippen LogP contribution in [0.4, 0.5) is 10.9 Å². The SMILES string of the molecule is CCCc1nnc(N2CCN(c3cc(C)nc(C(C)C)n3)CC2)s1. The van der Waals surface area contributed by atoms with Gasteiger partial charge >= 0.3 is 0 Å². The molecule has 1 saturated heterocycles. The summed E-state index contributed by atoms with van der Waals surface area (Å²) in [6.07, 6.45) is 2.14. The molecule has 3 rings (SSSR count). The smallest absolute Gasteiger partial charge is 0.208 e. The number of piperazine rings is 1. The average molecular weight is 347 g/mol. The zero-order valence-electron chi connectivity index (χ0n) is 15.0. The fourth-order valence-electron chi connectivity index (χ4n) is 2.81. The topological polar surface area (TPSA) is 58.0 Å². The molecule has 0 spiro atoms. The Morgan fingerprint density at radius 3 is 2.46 bits per heavy atom. The van der Waals surface area contributed by atoms with E-state index in [0.29, 0.717) is 5.92 Å². The molecule has 0 aromatic carbocycles. The molecule has 0 unspecified atom stereocenters. The molecular formula is C17H26N6S. The van der Waals surface area contributed by atoms with E-state index in [-0.39, 0.29) is 0 Å². The quantitative estimate of drug-likeness (QED) is 0.829. The van der Waals surface area contributed by atoms with Crippen molar-refractivity contribution in [2.45, 2.75) is 46.5 Å². The first-order chi connectivity index (χ1) is 11.6. The van der Waals surface area contributed by atoms with Crippen LogP contribution in [0.1, 0.15) is 49.6 Å². The number of anilines is 2. The summed E-state index contributed by atoms with van der Waals surface area (Å²) in [5.41, 5.74) is 1.04. The lowest BCUT2D eigenvalue weighted by atomic mass is 10.2. The third-order valence-corrected chi connectivity index (χ3v) is 5.21. The van der Waals surface area contributed by atoms with E-state index in [1.807, 2.05) is 6.92 Å². The highest BCUT2D eigenvalue weighted by Gasteiger charge is 2.22. The largest absolute Gasteiger partial charge is 0.353 e. The van der Waals surface area contributed by atoms with Crippen LogP contribution in [0.25, 0.3) is 0 Å². The molecular weight excluding hydrogens is 320 g/mol. The van der Waals surface area contributed by atoms with Crippen LogP contribution in [0.2, 0.25) is 0 Å². The van der Waals surface area contributed by atoms with Crippen LogP contribution in [-0.4, -0.2) is 46.3 Å². The molecule has 1 aliphatic rings. The molecule has 2 aromatic rings. The molecule has 1 fully saturated rings. The molecule has 0 saturated carbocycles. The third-order valence-electron chi connectivity index (χ3n) is 4.17. The maximum Gasteiger partial charge on any atom is 0.208 e. The van der Waals surface area contributed by atoms with Crippen molar-refractivity contribution < 1.29 is 0 Å². The molecule has 0 amide bonds. The lowest BCUT2D eigenvalue weighted by molar-refractivity contribution is 0.637. The number of rotatable bonds is 5. The monoisotopic (exact) mass is 346 g/mol. The van der Waals surface area contributed by atoms with Gasteiger partial charge in [-0.3, -0.25) is 0 Å². The van der Waals surface area contributed by atoms with Gasteiger partial charge in [-0.25, -0.2) is 9.97 Å². The first-order valence-electron chi connectivity index (χ1n) is 8.74. The van der Waals surface area contributed by atoms with Crippen molar-refractivity contribution in [3.05, 3.63) is 22.6 Å². The summed E-state index contributed by atoms with van der Waals surface area (Å²) >= 11 is 1.73. The Balaban J connectivity index is 1.66. The zero-order chi connectivity index (χ0) is 17.1. The van der Waals surface area contributed by atoms with E-state index in [4.69, 9.17) is 4.98 Å². The van der Waals surface area contributed by atoms with Crippen LogP contribution < -0.4 is 9.80 Å². The highest BCUT2D eigenvalue weighted by atomic mass is 32.1. The Morgan fingerprint density at radius 2 is 1.79 bits per heavy atom. The lowest BCUT2D eigenvalue weighted by Gasteiger charge is -2.35. The highest BCUT2D eigenvalue weighted by Crippen LogP contribution is 2.24. The number of nitrogens with zero attached hydrogens (tertiary/aromatic N) is 6. The van der Waals surface area contributed by atoms with Gasteiger partial charge in [-0.15, -0.1) is 10.2 Å². The second kappa shape index (κ2) is 7.42. The first-order valence-corrected chi connectivity index (χ1v) is 9.56. The van der Waals surface area contributed by atoms with Gasteiger partial charge in [0.2, 0.25) is 5.13 Å². The zero-order valence-corrected chi connectivity index (χ0v) is 15.8. The maximum absolute atomic E-state index is 4.75. The van der Waals surface area contributed by atoms with Crippen molar-refractivity contribution in [3.8, 4) is 0 Å². The van der Waals surface area contributed by atoms with Crippen LogP contribution in [0.15, 0.2) is 6.07 Å². The van der Waals surface area contributed by atoms with E-state index in [0.717, 1.165) is 66.5 Å². The van der Waals surface area contributed by atoms with Crippen LogP contribution in [-0.2, 0) is 6.42 Å². The van der Waals surface area contributed by atoms with E-state index in [1.165, 1.54) is 0 Å². The van der Waals surface area contributed by atoms with Crippen molar-refractivity contribution in [2.75, 3.05) is 36.0 Å². The predicted molar refractivity (Wildman–Crippen MR) is 99.2 cm³/mol. The van der Waals surface area contributed by atoms with Gasteiger partial charge in [-0.2, -0.15) is 0 Å². The van der Waals surface area contributed by atoms with Crippen LogP contribution in [0.5, 0.6) is 0 Å². The van der Waals surface area contributed by atoms with Crippen molar-refractivity contribution in [1.29, 1.82) is 0 Å². The van der Waals surface area contributed by atoms with Crippen molar-refractivity contribution in [2.24, 2.45) is 0 Å². The second-order valence-corrected chi connectivity index (χ2v) is 7.62. The summed E-state index contributed by atoms with van der Waals surface area (Å²) < 4.78 is 0. The van der Waals surface area contributed by atoms with Gasteiger partial charge in [0.25, 0.3) is 0 Å². The van der Waals surface area contributed by atoms with Crippen molar-refractivity contribution >= 4 is 22.3 Å². The molecule has 0 bridgehead atoms. The Hall–Kier alpha value is -1.76. The highest BCUT2D eigenvalue weighted by molar-refractivity contribution is 7.15. The van der Waals surface area contributed by atoms with Gasteiger partial charge < -0.3 is 9.80 Å². The molecule has 0 aliphatic carbocycles. The van der Waals surface area contributed by atoms with Gasteiger partial charge in [0.15, 0.2) is 0 Å². The van der Waals surface area contributed by atoms with E-state index < -0.39 is 0 Å². The molecule has 0 atom stereocenters. The number of aromatic nitrogens is 4. The van der Waals surface area contributed by atoms with E-state index in [2.05, 4.69) is 51.8 Å². The number of hydrogen-bond donors (Lipinski definition) is 0. The van der Waals surface area contributed by atoms with Gasteiger partial charge in [-0.1, -0.05) is 32.1 Å². The van der Waals surface area contributed by atoms with Crippen LogP contribution in [0.3, 0.4) is 0 Å². The number of aryl methyl sites for hydroxylation is 2. The van der Waals surface area contributed by atoms with Crippen LogP contribution >= 0.6 is 11.3 Å². The Morgan fingerprint density at radius 1 is 1.08 bits per heavy atom. The Labute approximate surface area is 148 Å². The van der Waals surface area contributed by atoms with Crippen LogP contribution in [0, 0.1) is 6.92 Å². The first kappa shape index (κ1) is 17.1. The molecule has 1 aliphatic heterocycles. The fourth-order valence-corrected chi connectivity index (χ4v) is 3.80. The molecule has 0 radical (unpaired) electrons. The molecule has 2 aromatic heterocycles. The Kier molecular flexibility index (Phi) is 5.28. The summed E-state index contributed by atoms with van der Waals surface area (Å²) in [4.78, 5) is 14.0. The lowest BCUT2D eigenvalue weighted by Crippen LogP contribution is -2.47. The van der Waals surface area contributed by atoms with E-state index in [1.54, 1.807) is 11.3 Å². The predicted octanol–water partition coefficient (Wildman–Crippen LogP) is 3.04. The van der Waals surface area contributed by atoms with Gasteiger partial charge in [0.1, 0.15) is 16.6 Å². The van der Waals surface area contributed by atoms with E-state index in [9.17, 15) is 0 Å². The third kappa shape index (κ3) is 3.83. The summed E-state index contributed by atoms with van der Waals surface area (Å²) in [6.45, 7) is 12.3. The summed E-state index contributed by atoms with van der Waals surface area (Å²) in [6, 6.07) is 2.09. The minimum atomic E-state index is 0.350. The van der Waals surface area contributed by atoms with Crippen molar-refractivity contribution in [3.63, 3.8) is 0 Å². The summed E-state index contributed by atoms with van der Waals surface area (Å²) in [5, 5.41) is 10.8. The second-order valence-electron chi connectivity index (χ2n) is 6.58. The number of hydrogen-bond acceptors (Lipinski definition) is 7. The van der Waals surface area contributed by atoms with E-state index >= 15 is 0 Å². The normalized spacial score (nSPS) is 15.4. The minimum Gasteiger partial charge on any atom is -0.353 e. The van der Waals surface area contributed by atoms with Crippen molar-refractivity contribution in [1.82, 2.24) is 20.2 Å². The molecule has 0 N–H and O–H groups in total. The minimum absolute atomic E-state index is 0.350. The molecule has 130 valence electrons. The molecule has 6 nitrogen and oxygen atoms in total. The van der Waals surface area contributed by atoms with Gasteiger partial charge in [0.05, 0.1) is 0 Å². The Bertz CT molecular complexity index is 675. The molecule has 7 heteroatoms. The summed E-state index contributed by atoms with van der Waals surface area (Å²) in [7, 11) is 0. The fraction of sp³-hybridized carbons (Fsp3) is 0.647. The molecule has 3 heterocycles. The molecule has 24 heavy (non-hydrogen) atoms. The standard InChI is InChI=1S/C17H26N6S/c1-5-6-15-20-21-17(24-15)23-9-7-22(8-10-23)14-11-13(4)18-16(19-14)12(2)3/h11-12H,5-10H2,1-4H3. The average Bonchev–Trinajstić information content (AvgIpc) is 3.03. The van der Waals surface area contributed by atoms with Gasteiger partial charge in [0, 0.05) is 50.3 Å².